The Balaban J connectivity index is 2.54. The summed E-state index contributed by atoms with van der Waals surface area (Å²) in [6.07, 6.45) is 0. The fourth-order valence-corrected chi connectivity index (χ4v) is 1.96. The van der Waals surface area contributed by atoms with Gasteiger partial charge in [0.1, 0.15) is 5.75 Å². The smallest absolute Gasteiger partial charge is 0.118 e. The molecule has 0 amide bonds. The summed E-state index contributed by atoms with van der Waals surface area (Å²) in [5, 5.41) is 9.50. The van der Waals surface area contributed by atoms with Crippen LogP contribution in [0.2, 0.25) is 0 Å². The van der Waals surface area contributed by atoms with Crippen LogP contribution in [-0.4, -0.2) is 5.11 Å². The first-order valence-electron chi connectivity index (χ1n) is 5.45. The number of aryl methyl sites for hydroxylation is 3. The molecule has 2 aromatic rings. The summed E-state index contributed by atoms with van der Waals surface area (Å²) in [5.74, 6) is 0.355. The van der Waals surface area contributed by atoms with Crippen molar-refractivity contribution in [2.24, 2.45) is 0 Å². The standard InChI is InChI=1S/C15H16O/c1-10-4-6-14(11(2)8-10)13-5-7-15(16)12(3)9-13/h4-9,16H,1-3H3. The van der Waals surface area contributed by atoms with Gasteiger partial charge in [-0.2, -0.15) is 0 Å². The Morgan fingerprint density at radius 1 is 0.812 bits per heavy atom. The first kappa shape index (κ1) is 10.7. The summed E-state index contributed by atoms with van der Waals surface area (Å²) in [4.78, 5) is 0. The van der Waals surface area contributed by atoms with Gasteiger partial charge in [0, 0.05) is 0 Å². The lowest BCUT2D eigenvalue weighted by molar-refractivity contribution is 0.471. The van der Waals surface area contributed by atoms with Crippen molar-refractivity contribution in [2.75, 3.05) is 0 Å². The van der Waals surface area contributed by atoms with Crippen molar-refractivity contribution >= 4 is 0 Å². The minimum absolute atomic E-state index is 0.355. The quantitative estimate of drug-likeness (QED) is 0.758. The molecule has 0 saturated heterocycles. The molecule has 2 aromatic carbocycles. The molecule has 2 rings (SSSR count). The van der Waals surface area contributed by atoms with Crippen molar-refractivity contribution in [3.05, 3.63) is 53.1 Å². The van der Waals surface area contributed by atoms with E-state index in [2.05, 4.69) is 32.0 Å². The van der Waals surface area contributed by atoms with Gasteiger partial charge in [-0.15, -0.1) is 0 Å². The van der Waals surface area contributed by atoms with Gasteiger partial charge in [-0.3, -0.25) is 0 Å². The third-order valence-corrected chi connectivity index (χ3v) is 2.89. The molecule has 0 aromatic heterocycles. The average Bonchev–Trinajstić information content (AvgIpc) is 2.22. The summed E-state index contributed by atoms with van der Waals surface area (Å²) >= 11 is 0. The van der Waals surface area contributed by atoms with E-state index in [1.165, 1.54) is 16.7 Å². The van der Waals surface area contributed by atoms with E-state index in [9.17, 15) is 5.11 Å². The fourth-order valence-electron chi connectivity index (χ4n) is 1.96. The van der Waals surface area contributed by atoms with Gasteiger partial charge in [0.2, 0.25) is 0 Å². The Morgan fingerprint density at radius 2 is 1.56 bits per heavy atom. The molecule has 0 spiro atoms. The maximum Gasteiger partial charge on any atom is 0.118 e. The zero-order chi connectivity index (χ0) is 11.7. The molecule has 0 bridgehead atoms. The van der Waals surface area contributed by atoms with Crippen LogP contribution in [0.1, 0.15) is 16.7 Å². The fraction of sp³-hybridized carbons (Fsp3) is 0.200. The highest BCUT2D eigenvalue weighted by atomic mass is 16.3. The van der Waals surface area contributed by atoms with E-state index in [1.807, 2.05) is 19.1 Å². The zero-order valence-corrected chi connectivity index (χ0v) is 9.91. The number of hydrogen-bond donors (Lipinski definition) is 1. The maximum atomic E-state index is 9.50. The average molecular weight is 212 g/mol. The van der Waals surface area contributed by atoms with Crippen LogP contribution in [0.5, 0.6) is 5.75 Å². The van der Waals surface area contributed by atoms with E-state index < -0.39 is 0 Å². The Labute approximate surface area is 96.4 Å². The highest BCUT2D eigenvalue weighted by Crippen LogP contribution is 2.28. The Kier molecular flexibility index (Phi) is 2.69. The molecule has 0 aliphatic carbocycles. The maximum absolute atomic E-state index is 9.50. The van der Waals surface area contributed by atoms with Gasteiger partial charge in [-0.1, -0.05) is 29.8 Å². The monoisotopic (exact) mass is 212 g/mol. The summed E-state index contributed by atoms with van der Waals surface area (Å²) < 4.78 is 0. The molecule has 1 N–H and O–H groups in total. The summed E-state index contributed by atoms with van der Waals surface area (Å²) in [7, 11) is 0. The van der Waals surface area contributed by atoms with Crippen molar-refractivity contribution in [1.29, 1.82) is 0 Å². The van der Waals surface area contributed by atoms with E-state index in [0.29, 0.717) is 5.75 Å². The van der Waals surface area contributed by atoms with Crippen molar-refractivity contribution in [3.63, 3.8) is 0 Å². The molecule has 0 atom stereocenters. The number of phenolic OH excluding ortho intramolecular Hbond substituents is 1. The van der Waals surface area contributed by atoms with Gasteiger partial charge in [0.25, 0.3) is 0 Å². The first-order valence-corrected chi connectivity index (χ1v) is 5.45. The van der Waals surface area contributed by atoms with Crippen molar-refractivity contribution < 1.29 is 5.11 Å². The molecule has 0 aliphatic heterocycles. The third-order valence-electron chi connectivity index (χ3n) is 2.89. The molecule has 0 unspecified atom stereocenters. The molecule has 0 fully saturated rings. The van der Waals surface area contributed by atoms with E-state index in [1.54, 1.807) is 6.07 Å². The van der Waals surface area contributed by atoms with Gasteiger partial charge in [-0.25, -0.2) is 0 Å². The van der Waals surface area contributed by atoms with Crippen molar-refractivity contribution in [3.8, 4) is 16.9 Å². The second kappa shape index (κ2) is 4.01. The molecule has 16 heavy (non-hydrogen) atoms. The van der Waals surface area contributed by atoms with Crippen LogP contribution in [0.3, 0.4) is 0 Å². The van der Waals surface area contributed by atoms with E-state index in [0.717, 1.165) is 11.1 Å². The predicted molar refractivity (Wildman–Crippen MR) is 67.8 cm³/mol. The molecule has 1 heteroatoms. The van der Waals surface area contributed by atoms with Gasteiger partial charge in [0.05, 0.1) is 0 Å². The number of rotatable bonds is 1. The van der Waals surface area contributed by atoms with Crippen LogP contribution in [0.25, 0.3) is 11.1 Å². The second-order valence-electron chi connectivity index (χ2n) is 4.32. The lowest BCUT2D eigenvalue weighted by atomic mass is 9.97. The lowest BCUT2D eigenvalue weighted by Crippen LogP contribution is -1.85. The number of phenols is 1. The van der Waals surface area contributed by atoms with Gasteiger partial charge in [-0.05, 0) is 55.2 Å². The third kappa shape index (κ3) is 1.94. The molecule has 82 valence electrons. The predicted octanol–water partition coefficient (Wildman–Crippen LogP) is 3.98. The molecule has 0 heterocycles. The van der Waals surface area contributed by atoms with Crippen LogP contribution in [0, 0.1) is 20.8 Å². The number of aromatic hydroxyl groups is 1. The van der Waals surface area contributed by atoms with Crippen LogP contribution >= 0.6 is 0 Å². The van der Waals surface area contributed by atoms with Crippen LogP contribution in [-0.2, 0) is 0 Å². The minimum Gasteiger partial charge on any atom is -0.508 e. The molecular formula is C15H16O. The van der Waals surface area contributed by atoms with E-state index in [4.69, 9.17) is 0 Å². The minimum atomic E-state index is 0.355. The Morgan fingerprint density at radius 3 is 2.19 bits per heavy atom. The molecule has 1 nitrogen and oxygen atoms in total. The molecule has 0 saturated carbocycles. The first-order chi connectivity index (χ1) is 7.58. The van der Waals surface area contributed by atoms with Crippen molar-refractivity contribution in [1.82, 2.24) is 0 Å². The lowest BCUT2D eigenvalue weighted by Gasteiger charge is -2.08. The van der Waals surface area contributed by atoms with Crippen LogP contribution in [0.4, 0.5) is 0 Å². The normalized spacial score (nSPS) is 10.4. The van der Waals surface area contributed by atoms with E-state index >= 15 is 0 Å². The highest BCUT2D eigenvalue weighted by molar-refractivity contribution is 5.69. The molecular weight excluding hydrogens is 196 g/mol. The van der Waals surface area contributed by atoms with Crippen LogP contribution in [0.15, 0.2) is 36.4 Å². The number of hydrogen-bond acceptors (Lipinski definition) is 1. The summed E-state index contributed by atoms with van der Waals surface area (Å²) in [6, 6.07) is 12.2. The topological polar surface area (TPSA) is 20.2 Å². The Bertz CT molecular complexity index is 527. The Hall–Kier alpha value is -1.76. The summed E-state index contributed by atoms with van der Waals surface area (Å²) in [6.45, 7) is 6.13. The highest BCUT2D eigenvalue weighted by Gasteiger charge is 2.03. The SMILES string of the molecule is Cc1ccc(-c2ccc(O)c(C)c2)c(C)c1. The molecule has 0 aliphatic rings. The zero-order valence-electron chi connectivity index (χ0n) is 9.91. The van der Waals surface area contributed by atoms with Gasteiger partial charge < -0.3 is 5.11 Å². The van der Waals surface area contributed by atoms with Crippen molar-refractivity contribution in [2.45, 2.75) is 20.8 Å². The van der Waals surface area contributed by atoms with Gasteiger partial charge in [0.15, 0.2) is 0 Å². The van der Waals surface area contributed by atoms with Gasteiger partial charge >= 0.3 is 0 Å². The molecule has 0 radical (unpaired) electrons. The largest absolute Gasteiger partial charge is 0.508 e. The second-order valence-corrected chi connectivity index (χ2v) is 4.32. The van der Waals surface area contributed by atoms with E-state index in [-0.39, 0.29) is 0 Å². The summed E-state index contributed by atoms with van der Waals surface area (Å²) in [5.41, 5.74) is 5.85. The van der Waals surface area contributed by atoms with Crippen LogP contribution < -0.4 is 0 Å². The number of benzene rings is 2.